The standard InChI is InChI=1S/C12H14ClN3OS.ClH/c1-14-5-4-11(17)15-7-12-16-9-6-8(13)2-3-10(9)18-12;/h2-3,6,14H,4-5,7H2,1H3,(H,15,17);1H. The Morgan fingerprint density at radius 1 is 1.47 bits per heavy atom. The minimum Gasteiger partial charge on any atom is -0.350 e. The van der Waals surface area contributed by atoms with Crippen LogP contribution in [0.2, 0.25) is 5.02 Å². The van der Waals surface area contributed by atoms with Crippen molar-refractivity contribution in [2.24, 2.45) is 0 Å². The lowest BCUT2D eigenvalue weighted by Gasteiger charge is -2.01. The zero-order chi connectivity index (χ0) is 13.0. The molecule has 0 unspecified atom stereocenters. The third-order valence-electron chi connectivity index (χ3n) is 2.43. The number of hydrogen-bond acceptors (Lipinski definition) is 4. The van der Waals surface area contributed by atoms with E-state index >= 15 is 0 Å². The Balaban J connectivity index is 0.00000180. The molecule has 0 radical (unpaired) electrons. The maximum atomic E-state index is 11.4. The van der Waals surface area contributed by atoms with Crippen LogP contribution in [0, 0.1) is 0 Å². The molecule has 7 heteroatoms. The molecule has 0 aliphatic heterocycles. The molecule has 0 bridgehead atoms. The number of amides is 1. The van der Waals surface area contributed by atoms with E-state index in [9.17, 15) is 4.79 Å². The average Bonchev–Trinajstić information content (AvgIpc) is 2.75. The van der Waals surface area contributed by atoms with E-state index in [4.69, 9.17) is 11.6 Å². The predicted molar refractivity (Wildman–Crippen MR) is 82.3 cm³/mol. The molecule has 1 heterocycles. The van der Waals surface area contributed by atoms with E-state index in [0.29, 0.717) is 24.5 Å². The Morgan fingerprint density at radius 3 is 3.00 bits per heavy atom. The lowest BCUT2D eigenvalue weighted by atomic mass is 10.3. The number of nitrogens with zero attached hydrogens (tertiary/aromatic N) is 1. The van der Waals surface area contributed by atoms with Gasteiger partial charge in [0, 0.05) is 18.0 Å². The summed E-state index contributed by atoms with van der Waals surface area (Å²) in [6, 6.07) is 5.62. The van der Waals surface area contributed by atoms with Crippen molar-refractivity contribution in [2.45, 2.75) is 13.0 Å². The van der Waals surface area contributed by atoms with Crippen LogP contribution in [0.1, 0.15) is 11.4 Å². The van der Waals surface area contributed by atoms with Crippen LogP contribution >= 0.6 is 35.3 Å². The SMILES string of the molecule is CNCCC(=O)NCc1nc2cc(Cl)ccc2s1.Cl. The van der Waals surface area contributed by atoms with Gasteiger partial charge in [0.2, 0.25) is 5.91 Å². The molecular weight excluding hydrogens is 305 g/mol. The van der Waals surface area contributed by atoms with Crippen molar-refractivity contribution in [3.63, 3.8) is 0 Å². The van der Waals surface area contributed by atoms with Crippen molar-refractivity contribution < 1.29 is 4.79 Å². The summed E-state index contributed by atoms with van der Waals surface area (Å²) in [7, 11) is 1.82. The largest absolute Gasteiger partial charge is 0.350 e. The number of carbonyl (C=O) groups excluding carboxylic acids is 1. The topological polar surface area (TPSA) is 54.0 Å². The number of carbonyl (C=O) groups is 1. The van der Waals surface area contributed by atoms with Gasteiger partial charge in [0.1, 0.15) is 5.01 Å². The zero-order valence-electron chi connectivity index (χ0n) is 10.4. The quantitative estimate of drug-likeness (QED) is 0.890. The van der Waals surface area contributed by atoms with Crippen LogP contribution in [0.25, 0.3) is 10.2 Å². The van der Waals surface area contributed by atoms with Gasteiger partial charge >= 0.3 is 0 Å². The molecule has 0 saturated heterocycles. The number of fused-ring (bicyclic) bond motifs is 1. The van der Waals surface area contributed by atoms with Crippen LogP contribution < -0.4 is 10.6 Å². The van der Waals surface area contributed by atoms with Crippen molar-refractivity contribution in [1.29, 1.82) is 0 Å². The van der Waals surface area contributed by atoms with Crippen molar-refractivity contribution in [3.8, 4) is 0 Å². The van der Waals surface area contributed by atoms with Gasteiger partial charge in [-0.1, -0.05) is 11.6 Å². The highest BCUT2D eigenvalue weighted by atomic mass is 35.5. The van der Waals surface area contributed by atoms with Crippen LogP contribution in [0.4, 0.5) is 0 Å². The van der Waals surface area contributed by atoms with E-state index < -0.39 is 0 Å². The van der Waals surface area contributed by atoms with Crippen LogP contribution in [0.5, 0.6) is 0 Å². The fourth-order valence-corrected chi connectivity index (χ4v) is 2.58. The first-order valence-corrected chi connectivity index (χ1v) is 6.85. The highest BCUT2D eigenvalue weighted by molar-refractivity contribution is 7.18. The van der Waals surface area contributed by atoms with Crippen LogP contribution in [0.3, 0.4) is 0 Å². The molecule has 0 aliphatic carbocycles. The molecule has 4 nitrogen and oxygen atoms in total. The second kappa shape index (κ2) is 7.65. The van der Waals surface area contributed by atoms with E-state index in [1.54, 1.807) is 11.3 Å². The summed E-state index contributed by atoms with van der Waals surface area (Å²) in [4.78, 5) is 15.9. The Morgan fingerprint density at radius 2 is 2.26 bits per heavy atom. The van der Waals surface area contributed by atoms with E-state index in [2.05, 4.69) is 15.6 Å². The summed E-state index contributed by atoms with van der Waals surface area (Å²) in [6.45, 7) is 1.15. The second-order valence-electron chi connectivity index (χ2n) is 3.85. The lowest BCUT2D eigenvalue weighted by molar-refractivity contribution is -0.121. The highest BCUT2D eigenvalue weighted by Gasteiger charge is 2.06. The highest BCUT2D eigenvalue weighted by Crippen LogP contribution is 2.24. The maximum Gasteiger partial charge on any atom is 0.221 e. The number of rotatable bonds is 5. The van der Waals surface area contributed by atoms with Crippen LogP contribution in [0.15, 0.2) is 18.2 Å². The number of halogens is 2. The van der Waals surface area contributed by atoms with Crippen molar-refractivity contribution >= 4 is 51.5 Å². The normalized spacial score (nSPS) is 10.2. The number of aromatic nitrogens is 1. The van der Waals surface area contributed by atoms with Gasteiger partial charge in [0.15, 0.2) is 0 Å². The Hall–Kier alpha value is -0.880. The smallest absolute Gasteiger partial charge is 0.221 e. The number of thiazole rings is 1. The van der Waals surface area contributed by atoms with Gasteiger partial charge in [-0.25, -0.2) is 4.98 Å². The molecule has 0 aliphatic rings. The number of nitrogens with one attached hydrogen (secondary N) is 2. The summed E-state index contributed by atoms with van der Waals surface area (Å²) in [5.74, 6) is 0.0293. The van der Waals surface area contributed by atoms with Gasteiger partial charge in [-0.05, 0) is 25.2 Å². The fraction of sp³-hybridized carbons (Fsp3) is 0.333. The molecule has 2 rings (SSSR count). The Kier molecular flexibility index (Phi) is 6.51. The molecule has 0 atom stereocenters. The summed E-state index contributed by atoms with van der Waals surface area (Å²) in [5, 5.41) is 7.35. The third-order valence-corrected chi connectivity index (χ3v) is 3.70. The Bertz CT molecular complexity index is 559. The van der Waals surface area contributed by atoms with Gasteiger partial charge in [0.05, 0.1) is 16.8 Å². The number of hydrogen-bond donors (Lipinski definition) is 2. The second-order valence-corrected chi connectivity index (χ2v) is 5.40. The molecule has 104 valence electrons. The van der Waals surface area contributed by atoms with Crippen molar-refractivity contribution in [3.05, 3.63) is 28.2 Å². The monoisotopic (exact) mass is 319 g/mol. The molecule has 1 aromatic heterocycles. The Labute approximate surface area is 127 Å². The first kappa shape index (κ1) is 16.2. The van der Waals surface area contributed by atoms with Gasteiger partial charge in [-0.2, -0.15) is 0 Å². The molecule has 2 aromatic rings. The van der Waals surface area contributed by atoms with Crippen LogP contribution in [-0.2, 0) is 11.3 Å². The summed E-state index contributed by atoms with van der Waals surface area (Å²) in [6.07, 6.45) is 0.479. The molecular formula is C12H15Cl2N3OS. The molecule has 0 fully saturated rings. The first-order valence-electron chi connectivity index (χ1n) is 5.65. The fourth-order valence-electron chi connectivity index (χ4n) is 1.53. The lowest BCUT2D eigenvalue weighted by Crippen LogP contribution is -2.25. The summed E-state index contributed by atoms with van der Waals surface area (Å²) >= 11 is 7.47. The van der Waals surface area contributed by atoms with E-state index in [1.807, 2.05) is 25.2 Å². The summed E-state index contributed by atoms with van der Waals surface area (Å²) < 4.78 is 1.08. The van der Waals surface area contributed by atoms with Gasteiger partial charge < -0.3 is 10.6 Å². The van der Waals surface area contributed by atoms with Crippen LogP contribution in [-0.4, -0.2) is 24.5 Å². The van der Waals surface area contributed by atoms with Gasteiger partial charge in [-0.3, -0.25) is 4.79 Å². The first-order chi connectivity index (χ1) is 8.69. The minimum atomic E-state index is 0. The molecule has 0 saturated carbocycles. The third kappa shape index (κ3) is 4.62. The van der Waals surface area contributed by atoms with Gasteiger partial charge in [0.25, 0.3) is 0 Å². The zero-order valence-corrected chi connectivity index (χ0v) is 12.8. The van der Waals surface area contributed by atoms with Gasteiger partial charge in [-0.15, -0.1) is 23.7 Å². The minimum absolute atomic E-state index is 0. The summed E-state index contributed by atoms with van der Waals surface area (Å²) in [5.41, 5.74) is 0.881. The molecule has 0 spiro atoms. The number of benzene rings is 1. The van der Waals surface area contributed by atoms with E-state index in [0.717, 1.165) is 15.2 Å². The van der Waals surface area contributed by atoms with Crippen molar-refractivity contribution in [2.75, 3.05) is 13.6 Å². The molecule has 1 amide bonds. The molecule has 19 heavy (non-hydrogen) atoms. The molecule has 2 N–H and O–H groups in total. The average molecular weight is 320 g/mol. The molecule has 1 aromatic carbocycles. The van der Waals surface area contributed by atoms with E-state index in [-0.39, 0.29) is 18.3 Å². The van der Waals surface area contributed by atoms with Crippen molar-refractivity contribution in [1.82, 2.24) is 15.6 Å². The predicted octanol–water partition coefficient (Wildman–Crippen LogP) is 2.60. The maximum absolute atomic E-state index is 11.4. The van der Waals surface area contributed by atoms with E-state index in [1.165, 1.54) is 0 Å².